The molecule has 0 atom stereocenters. The summed E-state index contributed by atoms with van der Waals surface area (Å²) in [6.07, 6.45) is 2.73. The van der Waals surface area contributed by atoms with Crippen LogP contribution in [0, 0.1) is 0 Å². The predicted molar refractivity (Wildman–Crippen MR) is 108 cm³/mol. The van der Waals surface area contributed by atoms with Crippen molar-refractivity contribution in [2.75, 3.05) is 23.7 Å². The third-order valence-corrected chi connectivity index (χ3v) is 4.97. The fraction of sp³-hybridized carbons (Fsp3) is 0.211. The Morgan fingerprint density at radius 2 is 1.81 bits per heavy atom. The highest BCUT2D eigenvalue weighted by molar-refractivity contribution is 7.92. The average Bonchev–Trinajstić information content (AvgIpc) is 2.64. The molecular formula is C19H21ClN2O4S. The van der Waals surface area contributed by atoms with Gasteiger partial charge in [-0.05, 0) is 42.0 Å². The van der Waals surface area contributed by atoms with Crippen LogP contribution in [0.15, 0.2) is 61.2 Å². The Bertz CT molecular complexity index is 881. The maximum Gasteiger partial charge on any atom is 0.258 e. The first-order valence-corrected chi connectivity index (χ1v) is 10.3. The van der Waals surface area contributed by atoms with E-state index >= 15 is 0 Å². The molecule has 6 nitrogen and oxygen atoms in total. The van der Waals surface area contributed by atoms with Gasteiger partial charge in [0, 0.05) is 11.6 Å². The molecule has 0 aliphatic rings. The number of anilines is 1. The molecule has 8 heteroatoms. The Hall–Kier alpha value is -2.51. The summed E-state index contributed by atoms with van der Waals surface area (Å²) >= 11 is 5.87. The standard InChI is InChI=1S/C19H21ClN2O4S/c1-3-12-21-19(23)14-26-18-10-8-17(9-11-18)22(27(2,24)25)13-15-4-6-16(20)7-5-15/h3-11H,1,12-14H2,2H3,(H,21,23). The van der Waals surface area contributed by atoms with Crippen LogP contribution in [-0.4, -0.2) is 33.7 Å². The SMILES string of the molecule is C=CCNC(=O)COc1ccc(N(Cc2ccc(Cl)cc2)S(C)(=O)=O)cc1. The van der Waals surface area contributed by atoms with Crippen LogP contribution in [0.1, 0.15) is 5.56 Å². The molecular weight excluding hydrogens is 388 g/mol. The number of benzene rings is 2. The molecule has 2 aromatic rings. The van der Waals surface area contributed by atoms with E-state index in [2.05, 4.69) is 11.9 Å². The van der Waals surface area contributed by atoms with Crippen molar-refractivity contribution >= 4 is 33.2 Å². The summed E-state index contributed by atoms with van der Waals surface area (Å²) in [6.45, 7) is 3.93. The van der Waals surface area contributed by atoms with E-state index in [1.54, 1.807) is 54.6 Å². The largest absolute Gasteiger partial charge is 0.484 e. The number of nitrogens with one attached hydrogen (secondary N) is 1. The van der Waals surface area contributed by atoms with Crippen molar-refractivity contribution in [3.8, 4) is 5.75 Å². The van der Waals surface area contributed by atoms with Gasteiger partial charge in [-0.1, -0.05) is 29.8 Å². The molecule has 0 aliphatic heterocycles. The second kappa shape index (κ2) is 9.43. The monoisotopic (exact) mass is 408 g/mol. The summed E-state index contributed by atoms with van der Waals surface area (Å²) in [7, 11) is -3.49. The van der Waals surface area contributed by atoms with E-state index in [-0.39, 0.29) is 19.1 Å². The van der Waals surface area contributed by atoms with Gasteiger partial charge in [0.25, 0.3) is 5.91 Å². The third kappa shape index (κ3) is 6.62. The van der Waals surface area contributed by atoms with Gasteiger partial charge in [-0.3, -0.25) is 9.10 Å². The van der Waals surface area contributed by atoms with Crippen molar-refractivity contribution in [2.24, 2.45) is 0 Å². The number of halogens is 1. The van der Waals surface area contributed by atoms with E-state index in [1.165, 1.54) is 4.31 Å². The fourth-order valence-corrected chi connectivity index (χ4v) is 3.26. The highest BCUT2D eigenvalue weighted by Crippen LogP contribution is 2.24. The number of hydrogen-bond acceptors (Lipinski definition) is 4. The van der Waals surface area contributed by atoms with Crippen LogP contribution in [0.5, 0.6) is 5.75 Å². The molecule has 27 heavy (non-hydrogen) atoms. The fourth-order valence-electron chi connectivity index (χ4n) is 2.25. The molecule has 0 bridgehead atoms. The highest BCUT2D eigenvalue weighted by atomic mass is 35.5. The summed E-state index contributed by atoms with van der Waals surface area (Å²) in [5.41, 5.74) is 1.31. The van der Waals surface area contributed by atoms with E-state index in [9.17, 15) is 13.2 Å². The number of amides is 1. The number of nitrogens with zero attached hydrogens (tertiary/aromatic N) is 1. The molecule has 0 fully saturated rings. The minimum atomic E-state index is -3.49. The Morgan fingerprint density at radius 1 is 1.19 bits per heavy atom. The Kier molecular flexibility index (Phi) is 7.27. The number of rotatable bonds is 9. The molecule has 0 unspecified atom stereocenters. The summed E-state index contributed by atoms with van der Waals surface area (Å²) in [5, 5.41) is 3.19. The van der Waals surface area contributed by atoms with E-state index < -0.39 is 10.0 Å². The molecule has 2 rings (SSSR count). The zero-order chi connectivity index (χ0) is 19.9. The Labute approximate surface area is 164 Å². The van der Waals surface area contributed by atoms with Gasteiger partial charge >= 0.3 is 0 Å². The van der Waals surface area contributed by atoms with Crippen molar-refractivity contribution in [1.29, 1.82) is 0 Å². The number of sulfonamides is 1. The Morgan fingerprint density at radius 3 is 2.37 bits per heavy atom. The number of carbonyl (C=O) groups excluding carboxylic acids is 1. The van der Waals surface area contributed by atoms with E-state index in [4.69, 9.17) is 16.3 Å². The number of hydrogen-bond donors (Lipinski definition) is 1. The van der Waals surface area contributed by atoms with Crippen molar-refractivity contribution in [3.05, 3.63) is 71.8 Å². The van der Waals surface area contributed by atoms with Gasteiger partial charge in [0.1, 0.15) is 5.75 Å². The lowest BCUT2D eigenvalue weighted by molar-refractivity contribution is -0.122. The normalized spacial score (nSPS) is 10.9. The first-order valence-electron chi connectivity index (χ1n) is 8.12. The van der Waals surface area contributed by atoms with Crippen LogP contribution in [0.3, 0.4) is 0 Å². The molecule has 2 aromatic carbocycles. The smallest absolute Gasteiger partial charge is 0.258 e. The average molecular weight is 409 g/mol. The van der Waals surface area contributed by atoms with E-state index in [0.29, 0.717) is 23.0 Å². The summed E-state index contributed by atoms with van der Waals surface area (Å²) in [6, 6.07) is 13.5. The van der Waals surface area contributed by atoms with E-state index in [1.807, 2.05) is 0 Å². The minimum absolute atomic E-state index is 0.131. The highest BCUT2D eigenvalue weighted by Gasteiger charge is 2.18. The maximum absolute atomic E-state index is 12.2. The molecule has 144 valence electrons. The molecule has 0 saturated heterocycles. The topological polar surface area (TPSA) is 75.7 Å². The minimum Gasteiger partial charge on any atom is -0.484 e. The van der Waals surface area contributed by atoms with Crippen molar-refractivity contribution < 1.29 is 17.9 Å². The second-order valence-corrected chi connectivity index (χ2v) is 8.11. The van der Waals surface area contributed by atoms with Gasteiger partial charge in [0.2, 0.25) is 10.0 Å². The molecule has 1 amide bonds. The Balaban J connectivity index is 2.09. The van der Waals surface area contributed by atoms with Crippen molar-refractivity contribution in [2.45, 2.75) is 6.54 Å². The van der Waals surface area contributed by atoms with Gasteiger partial charge in [-0.2, -0.15) is 0 Å². The third-order valence-electron chi connectivity index (χ3n) is 3.58. The number of carbonyl (C=O) groups is 1. The summed E-state index contributed by atoms with van der Waals surface area (Å²) in [5.74, 6) is 0.201. The molecule has 0 saturated carbocycles. The van der Waals surface area contributed by atoms with Crippen LogP contribution in [0.4, 0.5) is 5.69 Å². The predicted octanol–water partition coefficient (Wildman–Crippen LogP) is 2.99. The first-order chi connectivity index (χ1) is 12.8. The van der Waals surface area contributed by atoms with Gasteiger partial charge < -0.3 is 10.1 Å². The molecule has 0 heterocycles. The van der Waals surface area contributed by atoms with Crippen LogP contribution in [0.2, 0.25) is 5.02 Å². The summed E-state index contributed by atoms with van der Waals surface area (Å²) in [4.78, 5) is 11.5. The van der Waals surface area contributed by atoms with Crippen LogP contribution >= 0.6 is 11.6 Å². The lowest BCUT2D eigenvalue weighted by atomic mass is 10.2. The van der Waals surface area contributed by atoms with Crippen LogP contribution in [-0.2, 0) is 21.4 Å². The van der Waals surface area contributed by atoms with Crippen molar-refractivity contribution in [1.82, 2.24) is 5.32 Å². The van der Waals surface area contributed by atoms with Gasteiger partial charge in [0.15, 0.2) is 6.61 Å². The van der Waals surface area contributed by atoms with Crippen LogP contribution in [0.25, 0.3) is 0 Å². The lowest BCUT2D eigenvalue weighted by Gasteiger charge is -2.23. The van der Waals surface area contributed by atoms with E-state index in [0.717, 1.165) is 11.8 Å². The zero-order valence-electron chi connectivity index (χ0n) is 14.9. The molecule has 0 aliphatic carbocycles. The van der Waals surface area contributed by atoms with Gasteiger partial charge in [-0.15, -0.1) is 6.58 Å². The van der Waals surface area contributed by atoms with Gasteiger partial charge in [-0.25, -0.2) is 8.42 Å². The molecule has 0 aromatic heterocycles. The molecule has 0 spiro atoms. The lowest BCUT2D eigenvalue weighted by Crippen LogP contribution is -2.29. The van der Waals surface area contributed by atoms with Gasteiger partial charge in [0.05, 0.1) is 18.5 Å². The summed E-state index contributed by atoms with van der Waals surface area (Å²) < 4.78 is 31.1. The maximum atomic E-state index is 12.2. The quantitative estimate of drug-likeness (QED) is 0.647. The van der Waals surface area contributed by atoms with Crippen molar-refractivity contribution in [3.63, 3.8) is 0 Å². The first kappa shape index (κ1) is 20.8. The van der Waals surface area contributed by atoms with Crippen LogP contribution < -0.4 is 14.4 Å². The number of ether oxygens (including phenoxy) is 1. The molecule has 0 radical (unpaired) electrons. The zero-order valence-corrected chi connectivity index (χ0v) is 16.5. The molecule has 1 N–H and O–H groups in total. The second-order valence-electron chi connectivity index (χ2n) is 5.77.